The van der Waals surface area contributed by atoms with Gasteiger partial charge in [0.15, 0.2) is 5.16 Å². The van der Waals surface area contributed by atoms with Gasteiger partial charge >= 0.3 is 0 Å². The molecule has 3 N–H and O–H groups in total. The first-order valence-electron chi connectivity index (χ1n) is 6.91. The number of thioether (sulfide) groups is 1. The van der Waals surface area contributed by atoms with E-state index in [1.165, 1.54) is 0 Å². The molecule has 0 amide bonds. The summed E-state index contributed by atoms with van der Waals surface area (Å²) in [5.74, 6) is 8.15. The number of aromatic nitrogens is 3. The van der Waals surface area contributed by atoms with Crippen LogP contribution in [0.5, 0.6) is 0 Å². The van der Waals surface area contributed by atoms with Crippen molar-refractivity contribution < 1.29 is 4.74 Å². The smallest absolute Gasteiger partial charge is 0.242 e. The van der Waals surface area contributed by atoms with Crippen LogP contribution in [0.2, 0.25) is 0 Å². The van der Waals surface area contributed by atoms with Crippen LogP contribution in [0, 0.1) is 5.92 Å². The Balaban J connectivity index is 2.10. The van der Waals surface area contributed by atoms with Crippen molar-refractivity contribution in [2.45, 2.75) is 25.4 Å². The van der Waals surface area contributed by atoms with Crippen molar-refractivity contribution in [3.63, 3.8) is 0 Å². The van der Waals surface area contributed by atoms with Crippen LogP contribution >= 0.6 is 11.8 Å². The lowest BCUT2D eigenvalue weighted by Crippen LogP contribution is -2.37. The molecule has 2 heterocycles. The predicted molar refractivity (Wildman–Crippen MR) is 80.8 cm³/mol. The van der Waals surface area contributed by atoms with Gasteiger partial charge in [-0.1, -0.05) is 32.0 Å². The Labute approximate surface area is 123 Å². The molecule has 0 spiro atoms. The minimum absolute atomic E-state index is 0.410. The number of ether oxygens (including phenoxy) is 1. The van der Waals surface area contributed by atoms with Crippen molar-refractivity contribution in [1.29, 1.82) is 0 Å². The fourth-order valence-electron chi connectivity index (χ4n) is 1.71. The van der Waals surface area contributed by atoms with Crippen LogP contribution in [0.3, 0.4) is 0 Å². The Morgan fingerprint density at radius 2 is 2.10 bits per heavy atom. The summed E-state index contributed by atoms with van der Waals surface area (Å²) in [7, 11) is 0. The van der Waals surface area contributed by atoms with E-state index in [-0.39, 0.29) is 0 Å². The summed E-state index contributed by atoms with van der Waals surface area (Å²) in [4.78, 5) is 15.2. The van der Waals surface area contributed by atoms with E-state index in [9.17, 15) is 0 Å². The first-order chi connectivity index (χ1) is 9.72. The standard InChI is InChI=1S/C12H22N6OS/c1-3-9(2)8-20-12-15-10(17-13)14-11(16-12)18-4-6-19-7-5-18/h9H,3-8,13H2,1-2H3,(H,14,15,16,17). The molecule has 8 heteroatoms. The zero-order valence-corrected chi connectivity index (χ0v) is 12.8. The lowest BCUT2D eigenvalue weighted by atomic mass is 10.2. The zero-order valence-electron chi connectivity index (χ0n) is 12.0. The van der Waals surface area contributed by atoms with Gasteiger partial charge in [-0.3, -0.25) is 5.43 Å². The van der Waals surface area contributed by atoms with Crippen molar-refractivity contribution in [2.24, 2.45) is 11.8 Å². The Morgan fingerprint density at radius 3 is 2.75 bits per heavy atom. The molecule has 1 aliphatic heterocycles. The van der Waals surface area contributed by atoms with Gasteiger partial charge in [-0.15, -0.1) is 0 Å². The highest BCUT2D eigenvalue weighted by molar-refractivity contribution is 7.99. The van der Waals surface area contributed by atoms with E-state index in [0.717, 1.165) is 30.4 Å². The molecular weight excluding hydrogens is 276 g/mol. The molecule has 0 saturated carbocycles. The first-order valence-corrected chi connectivity index (χ1v) is 7.89. The maximum absolute atomic E-state index is 5.44. The molecule has 0 aliphatic carbocycles. The van der Waals surface area contributed by atoms with E-state index < -0.39 is 0 Å². The van der Waals surface area contributed by atoms with E-state index >= 15 is 0 Å². The highest BCUT2D eigenvalue weighted by atomic mass is 32.2. The monoisotopic (exact) mass is 298 g/mol. The lowest BCUT2D eigenvalue weighted by Gasteiger charge is -2.27. The minimum Gasteiger partial charge on any atom is -0.378 e. The average Bonchev–Trinajstić information content (AvgIpc) is 2.53. The van der Waals surface area contributed by atoms with Gasteiger partial charge in [0.2, 0.25) is 11.9 Å². The van der Waals surface area contributed by atoms with Crippen LogP contribution in [0.25, 0.3) is 0 Å². The van der Waals surface area contributed by atoms with Crippen molar-refractivity contribution in [2.75, 3.05) is 42.4 Å². The van der Waals surface area contributed by atoms with Crippen LogP contribution in [0.1, 0.15) is 20.3 Å². The Bertz CT molecular complexity index is 426. The van der Waals surface area contributed by atoms with Gasteiger partial charge in [0.05, 0.1) is 13.2 Å². The van der Waals surface area contributed by atoms with E-state index in [4.69, 9.17) is 10.6 Å². The number of nitrogens with zero attached hydrogens (tertiary/aromatic N) is 4. The van der Waals surface area contributed by atoms with E-state index in [2.05, 4.69) is 39.1 Å². The maximum Gasteiger partial charge on any atom is 0.242 e. The van der Waals surface area contributed by atoms with Crippen molar-refractivity contribution >= 4 is 23.7 Å². The SMILES string of the molecule is CCC(C)CSc1nc(NN)nc(N2CCOCC2)n1. The third kappa shape index (κ3) is 4.19. The number of anilines is 2. The molecule has 1 aliphatic rings. The molecule has 0 bridgehead atoms. The molecule has 2 rings (SSSR count). The Hall–Kier alpha value is -1.12. The quantitative estimate of drug-likeness (QED) is 0.459. The fourth-order valence-corrected chi connectivity index (χ4v) is 2.68. The molecule has 1 saturated heterocycles. The fraction of sp³-hybridized carbons (Fsp3) is 0.750. The van der Waals surface area contributed by atoms with Gasteiger partial charge in [0.1, 0.15) is 0 Å². The number of morpholine rings is 1. The van der Waals surface area contributed by atoms with Crippen LogP contribution < -0.4 is 16.2 Å². The second-order valence-corrected chi connectivity index (χ2v) is 5.80. The third-order valence-corrected chi connectivity index (χ3v) is 4.40. The molecule has 7 nitrogen and oxygen atoms in total. The summed E-state index contributed by atoms with van der Waals surface area (Å²) >= 11 is 1.65. The summed E-state index contributed by atoms with van der Waals surface area (Å²) < 4.78 is 5.34. The molecular formula is C12H22N6OS. The highest BCUT2D eigenvalue weighted by Gasteiger charge is 2.16. The lowest BCUT2D eigenvalue weighted by molar-refractivity contribution is 0.122. The Kier molecular flexibility index (Phi) is 5.81. The molecule has 1 unspecified atom stereocenters. The largest absolute Gasteiger partial charge is 0.378 e. The van der Waals surface area contributed by atoms with E-state index in [1.54, 1.807) is 11.8 Å². The number of hydrogen-bond acceptors (Lipinski definition) is 8. The van der Waals surface area contributed by atoms with Gasteiger partial charge in [0.25, 0.3) is 0 Å². The van der Waals surface area contributed by atoms with Crippen LogP contribution in [0.15, 0.2) is 5.16 Å². The topological polar surface area (TPSA) is 89.2 Å². The molecule has 1 aromatic heterocycles. The predicted octanol–water partition coefficient (Wildman–Crippen LogP) is 1.13. The Morgan fingerprint density at radius 1 is 1.35 bits per heavy atom. The summed E-state index contributed by atoms with van der Waals surface area (Å²) in [6, 6.07) is 0. The number of nitrogens with two attached hydrogens (primary N) is 1. The molecule has 1 fully saturated rings. The maximum atomic E-state index is 5.44. The molecule has 112 valence electrons. The molecule has 0 aromatic carbocycles. The molecule has 1 aromatic rings. The van der Waals surface area contributed by atoms with Gasteiger partial charge in [0, 0.05) is 18.8 Å². The minimum atomic E-state index is 0.410. The number of nitrogen functional groups attached to an aromatic ring is 1. The van der Waals surface area contributed by atoms with Gasteiger partial charge in [-0.05, 0) is 5.92 Å². The summed E-state index contributed by atoms with van der Waals surface area (Å²) in [6.07, 6.45) is 1.15. The van der Waals surface area contributed by atoms with Gasteiger partial charge < -0.3 is 9.64 Å². The van der Waals surface area contributed by atoms with Crippen LogP contribution in [0.4, 0.5) is 11.9 Å². The molecule has 1 atom stereocenters. The number of hydrazine groups is 1. The third-order valence-electron chi connectivity index (χ3n) is 3.22. The molecule has 0 radical (unpaired) electrons. The second-order valence-electron chi connectivity index (χ2n) is 4.81. The van der Waals surface area contributed by atoms with Crippen molar-refractivity contribution in [3.05, 3.63) is 0 Å². The van der Waals surface area contributed by atoms with Crippen LogP contribution in [-0.2, 0) is 4.74 Å². The van der Waals surface area contributed by atoms with E-state index in [0.29, 0.717) is 31.0 Å². The summed E-state index contributed by atoms with van der Waals surface area (Å²) in [5, 5.41) is 0.717. The van der Waals surface area contributed by atoms with Gasteiger partial charge in [-0.25, -0.2) is 5.84 Å². The second kappa shape index (κ2) is 7.61. The van der Waals surface area contributed by atoms with Crippen molar-refractivity contribution in [3.8, 4) is 0 Å². The zero-order chi connectivity index (χ0) is 14.4. The first kappa shape index (κ1) is 15.3. The van der Waals surface area contributed by atoms with Crippen LogP contribution in [-0.4, -0.2) is 47.0 Å². The van der Waals surface area contributed by atoms with Gasteiger partial charge in [-0.2, -0.15) is 15.0 Å². The molecule has 20 heavy (non-hydrogen) atoms. The number of rotatable bonds is 6. The van der Waals surface area contributed by atoms with Crippen molar-refractivity contribution in [1.82, 2.24) is 15.0 Å². The summed E-state index contributed by atoms with van der Waals surface area (Å²) in [5.41, 5.74) is 2.52. The highest BCUT2D eigenvalue weighted by Crippen LogP contribution is 2.22. The average molecular weight is 298 g/mol. The normalized spacial score (nSPS) is 17.1. The van der Waals surface area contributed by atoms with E-state index in [1.807, 2.05) is 0 Å². The number of hydrogen-bond donors (Lipinski definition) is 2. The number of nitrogens with one attached hydrogen (secondary N) is 1. The summed E-state index contributed by atoms with van der Waals surface area (Å²) in [6.45, 7) is 7.40.